The van der Waals surface area contributed by atoms with Crippen LogP contribution in [0.2, 0.25) is 0 Å². The van der Waals surface area contributed by atoms with Gasteiger partial charge in [0.2, 0.25) is 0 Å². The fourth-order valence-electron chi connectivity index (χ4n) is 0.945. The zero-order valence-electron chi connectivity index (χ0n) is 7.21. The molecule has 0 fully saturated rings. The predicted octanol–water partition coefficient (Wildman–Crippen LogP) is 2.21. The number of esters is 1. The summed E-state index contributed by atoms with van der Waals surface area (Å²) in [4.78, 5) is 11.3. The maximum atomic E-state index is 11.3. The Labute approximate surface area is 85.0 Å². The molecule has 1 rings (SSSR count). The van der Waals surface area contributed by atoms with Crippen LogP contribution >= 0.6 is 15.9 Å². The van der Waals surface area contributed by atoms with E-state index in [9.17, 15) is 4.79 Å². The minimum Gasteiger partial charge on any atom is -0.462 e. The van der Waals surface area contributed by atoms with Crippen LogP contribution in [0.3, 0.4) is 0 Å². The van der Waals surface area contributed by atoms with Crippen LogP contribution in [0.15, 0.2) is 22.7 Å². The molecule has 0 radical (unpaired) electrons. The Bertz CT molecular complexity index is 305. The highest BCUT2D eigenvalue weighted by Gasteiger charge is 2.07. The first kappa shape index (κ1) is 10.1. The molecule has 0 spiro atoms. The van der Waals surface area contributed by atoms with Gasteiger partial charge >= 0.3 is 5.97 Å². The van der Waals surface area contributed by atoms with Crippen molar-refractivity contribution in [3.63, 3.8) is 0 Å². The van der Waals surface area contributed by atoms with Crippen LogP contribution in [0.25, 0.3) is 0 Å². The number of nitrogen functional groups attached to an aromatic ring is 1. The van der Waals surface area contributed by atoms with E-state index in [1.54, 1.807) is 25.1 Å². The summed E-state index contributed by atoms with van der Waals surface area (Å²) in [5.41, 5.74) is 6.56. The molecule has 4 heteroatoms. The van der Waals surface area contributed by atoms with E-state index in [-0.39, 0.29) is 5.97 Å². The van der Waals surface area contributed by atoms with E-state index in [4.69, 9.17) is 10.5 Å². The van der Waals surface area contributed by atoms with Gasteiger partial charge in [-0.2, -0.15) is 0 Å². The number of hydrogen-bond donors (Lipinski definition) is 1. The van der Waals surface area contributed by atoms with E-state index >= 15 is 0 Å². The van der Waals surface area contributed by atoms with Crippen molar-refractivity contribution in [1.82, 2.24) is 0 Å². The first-order valence-corrected chi connectivity index (χ1v) is 4.66. The highest BCUT2D eigenvalue weighted by Crippen LogP contribution is 2.17. The highest BCUT2D eigenvalue weighted by atomic mass is 79.9. The fourth-order valence-corrected chi connectivity index (χ4v) is 1.46. The minimum absolute atomic E-state index is 0.351. The second-order valence-corrected chi connectivity index (χ2v) is 3.41. The van der Waals surface area contributed by atoms with Crippen LogP contribution in [0.5, 0.6) is 0 Å². The molecule has 0 saturated heterocycles. The summed E-state index contributed by atoms with van der Waals surface area (Å²) in [7, 11) is 0. The van der Waals surface area contributed by atoms with Gasteiger partial charge < -0.3 is 10.5 Å². The molecule has 0 amide bonds. The van der Waals surface area contributed by atoms with Crippen LogP contribution < -0.4 is 5.73 Å². The predicted molar refractivity (Wildman–Crippen MR) is 54.5 cm³/mol. The van der Waals surface area contributed by atoms with Gasteiger partial charge in [0.25, 0.3) is 0 Å². The normalized spacial score (nSPS) is 9.69. The molecule has 0 aliphatic rings. The second-order valence-electron chi connectivity index (χ2n) is 2.49. The lowest BCUT2D eigenvalue weighted by Gasteiger charge is -2.03. The summed E-state index contributed by atoms with van der Waals surface area (Å²) >= 11 is 3.24. The summed E-state index contributed by atoms with van der Waals surface area (Å²) in [5, 5.41) is 0. The van der Waals surface area contributed by atoms with Crippen molar-refractivity contribution < 1.29 is 9.53 Å². The lowest BCUT2D eigenvalue weighted by Crippen LogP contribution is -2.05. The second kappa shape index (κ2) is 4.28. The fraction of sp³-hybridized carbons (Fsp3) is 0.222. The number of anilines is 1. The summed E-state index contributed by atoms with van der Waals surface area (Å²) in [6.45, 7) is 2.13. The molecule has 0 bridgehead atoms. The lowest BCUT2D eigenvalue weighted by molar-refractivity contribution is 0.0526. The highest BCUT2D eigenvalue weighted by molar-refractivity contribution is 9.10. The molecule has 0 unspecified atom stereocenters. The Morgan fingerprint density at radius 1 is 1.54 bits per heavy atom. The Balaban J connectivity index is 2.94. The monoisotopic (exact) mass is 243 g/mol. The van der Waals surface area contributed by atoms with Gasteiger partial charge in [0.1, 0.15) is 0 Å². The third-order valence-corrected chi connectivity index (χ3v) is 1.89. The van der Waals surface area contributed by atoms with Gasteiger partial charge in [-0.3, -0.25) is 0 Å². The maximum absolute atomic E-state index is 11.3. The zero-order valence-corrected chi connectivity index (χ0v) is 8.80. The van der Waals surface area contributed by atoms with Gasteiger partial charge in [-0.15, -0.1) is 0 Å². The Morgan fingerprint density at radius 2 is 2.23 bits per heavy atom. The number of rotatable bonds is 2. The quantitative estimate of drug-likeness (QED) is 0.640. The van der Waals surface area contributed by atoms with Crippen molar-refractivity contribution in [2.45, 2.75) is 6.92 Å². The molecular weight excluding hydrogens is 234 g/mol. The zero-order chi connectivity index (χ0) is 9.84. The van der Waals surface area contributed by atoms with Crippen molar-refractivity contribution in [3.8, 4) is 0 Å². The van der Waals surface area contributed by atoms with Crippen molar-refractivity contribution in [2.24, 2.45) is 0 Å². The van der Waals surface area contributed by atoms with Gasteiger partial charge in [-0.25, -0.2) is 4.79 Å². The van der Waals surface area contributed by atoms with Gasteiger partial charge in [0.15, 0.2) is 0 Å². The molecule has 1 aromatic rings. The molecule has 0 aromatic heterocycles. The topological polar surface area (TPSA) is 52.3 Å². The summed E-state index contributed by atoms with van der Waals surface area (Å²) in [6.07, 6.45) is 0. The largest absolute Gasteiger partial charge is 0.462 e. The first-order valence-electron chi connectivity index (χ1n) is 3.86. The van der Waals surface area contributed by atoms with E-state index in [2.05, 4.69) is 15.9 Å². The molecule has 0 aliphatic heterocycles. The van der Waals surface area contributed by atoms with Gasteiger partial charge in [-0.1, -0.05) is 15.9 Å². The van der Waals surface area contributed by atoms with Crippen LogP contribution in [0, 0.1) is 0 Å². The van der Waals surface area contributed by atoms with Crippen LogP contribution in [-0.4, -0.2) is 12.6 Å². The van der Waals surface area contributed by atoms with Crippen LogP contribution in [-0.2, 0) is 4.74 Å². The van der Waals surface area contributed by atoms with E-state index in [1.165, 1.54) is 0 Å². The van der Waals surface area contributed by atoms with Crippen molar-refractivity contribution in [3.05, 3.63) is 28.2 Å². The van der Waals surface area contributed by atoms with Gasteiger partial charge in [0, 0.05) is 10.2 Å². The van der Waals surface area contributed by atoms with Gasteiger partial charge in [0.05, 0.1) is 12.2 Å². The molecule has 0 heterocycles. The number of carbonyl (C=O) groups excluding carboxylic acids is 1. The van der Waals surface area contributed by atoms with E-state index < -0.39 is 0 Å². The Kier molecular flexibility index (Phi) is 3.31. The number of ether oxygens (including phenoxy) is 1. The maximum Gasteiger partial charge on any atom is 0.338 e. The van der Waals surface area contributed by atoms with E-state index in [1.807, 2.05) is 0 Å². The molecule has 2 N–H and O–H groups in total. The van der Waals surface area contributed by atoms with Gasteiger partial charge in [-0.05, 0) is 25.1 Å². The summed E-state index contributed by atoms with van der Waals surface area (Å²) in [5.74, 6) is -0.351. The number of nitrogens with two attached hydrogens (primary N) is 1. The minimum atomic E-state index is -0.351. The van der Waals surface area contributed by atoms with E-state index in [0.717, 1.165) is 4.47 Å². The summed E-state index contributed by atoms with van der Waals surface area (Å²) in [6, 6.07) is 4.99. The smallest absolute Gasteiger partial charge is 0.338 e. The molecule has 0 aliphatic carbocycles. The average Bonchev–Trinajstić information content (AvgIpc) is 2.03. The molecule has 3 nitrogen and oxygen atoms in total. The SMILES string of the molecule is CCOC(=O)c1cc(N)cc(Br)c1. The number of hydrogen-bond acceptors (Lipinski definition) is 3. The van der Waals surface area contributed by atoms with Crippen LogP contribution in [0.4, 0.5) is 5.69 Å². The third kappa shape index (κ3) is 2.73. The average molecular weight is 244 g/mol. The number of benzene rings is 1. The number of halogens is 1. The van der Waals surface area contributed by atoms with E-state index in [0.29, 0.717) is 17.9 Å². The molecule has 0 saturated carbocycles. The molecule has 1 aromatic carbocycles. The molecule has 13 heavy (non-hydrogen) atoms. The standard InChI is InChI=1S/C9H10BrNO2/c1-2-13-9(12)6-3-7(10)5-8(11)4-6/h3-5H,2,11H2,1H3. The Hall–Kier alpha value is -1.03. The number of carbonyl (C=O) groups is 1. The van der Waals surface area contributed by atoms with Crippen LogP contribution in [0.1, 0.15) is 17.3 Å². The van der Waals surface area contributed by atoms with Crippen molar-refractivity contribution in [2.75, 3.05) is 12.3 Å². The lowest BCUT2D eigenvalue weighted by atomic mass is 10.2. The van der Waals surface area contributed by atoms with Crippen molar-refractivity contribution >= 4 is 27.6 Å². The summed E-state index contributed by atoms with van der Waals surface area (Å²) < 4.78 is 5.60. The Morgan fingerprint density at radius 3 is 2.77 bits per heavy atom. The third-order valence-electron chi connectivity index (χ3n) is 1.43. The molecule has 70 valence electrons. The molecule has 0 atom stereocenters. The van der Waals surface area contributed by atoms with Crippen molar-refractivity contribution in [1.29, 1.82) is 0 Å². The molecular formula is C9H10BrNO2. The first-order chi connectivity index (χ1) is 6.13.